The molecule has 0 atom stereocenters. The van der Waals surface area contributed by atoms with Gasteiger partial charge in [0, 0.05) is 38.1 Å². The van der Waals surface area contributed by atoms with Crippen molar-refractivity contribution >= 4 is 17.3 Å². The van der Waals surface area contributed by atoms with Crippen molar-refractivity contribution in [1.29, 1.82) is 0 Å². The molecule has 4 heteroatoms. The zero-order chi connectivity index (χ0) is 18.2. The van der Waals surface area contributed by atoms with Crippen LogP contribution in [-0.2, 0) is 11.3 Å². The van der Waals surface area contributed by atoms with Crippen LogP contribution in [0.15, 0.2) is 48.5 Å². The fraction of sp³-hybridized carbons (Fsp3) is 0.381. The van der Waals surface area contributed by atoms with Crippen LogP contribution in [0.5, 0.6) is 0 Å². The van der Waals surface area contributed by atoms with E-state index in [2.05, 4.69) is 49.2 Å². The first kappa shape index (κ1) is 18.8. The summed E-state index contributed by atoms with van der Waals surface area (Å²) in [5.41, 5.74) is 4.53. The molecule has 0 aromatic heterocycles. The van der Waals surface area contributed by atoms with Crippen molar-refractivity contribution in [2.45, 2.75) is 27.3 Å². The Kier molecular flexibility index (Phi) is 6.87. The number of benzene rings is 2. The maximum absolute atomic E-state index is 12.4. The molecule has 0 bridgehead atoms. The molecule has 0 unspecified atom stereocenters. The summed E-state index contributed by atoms with van der Waals surface area (Å²) in [4.78, 5) is 16.4. The lowest BCUT2D eigenvalue weighted by atomic mass is 10.1. The number of carbonyl (C=O) groups is 1. The highest BCUT2D eigenvalue weighted by Crippen LogP contribution is 2.22. The molecule has 4 nitrogen and oxygen atoms in total. The minimum absolute atomic E-state index is 0.0797. The number of nitrogens with zero attached hydrogens (tertiary/aromatic N) is 2. The first-order chi connectivity index (χ1) is 12.0. The molecule has 134 valence electrons. The van der Waals surface area contributed by atoms with E-state index in [4.69, 9.17) is 0 Å². The average molecular weight is 339 g/mol. The molecular formula is C21H29N3O. The lowest BCUT2D eigenvalue weighted by Crippen LogP contribution is -2.31. The number of aryl methyl sites for hydroxylation is 1. The Morgan fingerprint density at radius 2 is 1.72 bits per heavy atom. The summed E-state index contributed by atoms with van der Waals surface area (Å²) in [6, 6.07) is 16.4. The van der Waals surface area contributed by atoms with Crippen LogP contribution in [0.3, 0.4) is 0 Å². The van der Waals surface area contributed by atoms with Crippen molar-refractivity contribution in [2.75, 3.05) is 36.9 Å². The van der Waals surface area contributed by atoms with Crippen molar-refractivity contribution in [2.24, 2.45) is 0 Å². The zero-order valence-corrected chi connectivity index (χ0v) is 15.7. The van der Waals surface area contributed by atoms with Gasteiger partial charge in [-0.25, -0.2) is 0 Å². The topological polar surface area (TPSA) is 35.6 Å². The number of amides is 1. The van der Waals surface area contributed by atoms with E-state index in [0.29, 0.717) is 13.1 Å². The largest absolute Gasteiger partial charge is 0.376 e. The van der Waals surface area contributed by atoms with Gasteiger partial charge in [0.15, 0.2) is 0 Å². The van der Waals surface area contributed by atoms with Crippen LogP contribution in [0.2, 0.25) is 0 Å². The third-order valence-corrected chi connectivity index (χ3v) is 4.46. The number of nitrogens with one attached hydrogen (secondary N) is 1. The smallest absolute Gasteiger partial charge is 0.241 e. The van der Waals surface area contributed by atoms with E-state index in [1.807, 2.05) is 37.4 Å². The van der Waals surface area contributed by atoms with E-state index in [1.165, 1.54) is 5.69 Å². The van der Waals surface area contributed by atoms with E-state index in [9.17, 15) is 4.79 Å². The summed E-state index contributed by atoms with van der Waals surface area (Å²) >= 11 is 0. The minimum Gasteiger partial charge on any atom is -0.376 e. The monoisotopic (exact) mass is 339 g/mol. The summed E-state index contributed by atoms with van der Waals surface area (Å²) < 4.78 is 0. The Morgan fingerprint density at radius 3 is 2.32 bits per heavy atom. The van der Waals surface area contributed by atoms with Gasteiger partial charge in [0.25, 0.3) is 0 Å². The van der Waals surface area contributed by atoms with Crippen LogP contribution >= 0.6 is 0 Å². The second-order valence-electron chi connectivity index (χ2n) is 6.26. The Balaban J connectivity index is 1.93. The fourth-order valence-corrected chi connectivity index (χ4v) is 2.88. The van der Waals surface area contributed by atoms with Crippen LogP contribution in [0.1, 0.15) is 25.0 Å². The maximum atomic E-state index is 12.4. The molecule has 0 saturated carbocycles. The van der Waals surface area contributed by atoms with Gasteiger partial charge in [-0.1, -0.05) is 30.3 Å². The normalized spacial score (nSPS) is 10.4. The highest BCUT2D eigenvalue weighted by atomic mass is 16.2. The highest BCUT2D eigenvalue weighted by Gasteiger charge is 2.10. The summed E-state index contributed by atoms with van der Waals surface area (Å²) in [6.45, 7) is 9.30. The second-order valence-corrected chi connectivity index (χ2v) is 6.26. The van der Waals surface area contributed by atoms with Gasteiger partial charge in [-0.2, -0.15) is 0 Å². The number of likely N-dealkylation sites (N-methyl/N-ethyl adjacent to an activating group) is 1. The second kappa shape index (κ2) is 9.11. The fourth-order valence-electron chi connectivity index (χ4n) is 2.88. The lowest BCUT2D eigenvalue weighted by Gasteiger charge is -2.23. The van der Waals surface area contributed by atoms with Crippen molar-refractivity contribution in [3.8, 4) is 0 Å². The van der Waals surface area contributed by atoms with E-state index < -0.39 is 0 Å². The van der Waals surface area contributed by atoms with Gasteiger partial charge in [-0.3, -0.25) is 4.79 Å². The predicted octanol–water partition coefficient (Wildman–Crippen LogP) is 3.91. The van der Waals surface area contributed by atoms with Crippen LogP contribution in [0.4, 0.5) is 11.4 Å². The van der Waals surface area contributed by atoms with Gasteiger partial charge in [0.1, 0.15) is 0 Å². The van der Waals surface area contributed by atoms with Gasteiger partial charge in [0.05, 0.1) is 6.54 Å². The summed E-state index contributed by atoms with van der Waals surface area (Å²) in [6.07, 6.45) is 0. The first-order valence-corrected chi connectivity index (χ1v) is 8.92. The van der Waals surface area contributed by atoms with E-state index in [0.717, 1.165) is 29.9 Å². The Morgan fingerprint density at radius 1 is 1.04 bits per heavy atom. The molecule has 0 aliphatic carbocycles. The van der Waals surface area contributed by atoms with Crippen molar-refractivity contribution in [3.05, 3.63) is 59.7 Å². The standard InChI is InChI=1S/C21H29N3O/c1-5-24(6-2)19-12-13-20(17(3)14-19)22-15-21(25)23(4)16-18-10-8-7-9-11-18/h7-14,22H,5-6,15-16H2,1-4H3. The summed E-state index contributed by atoms with van der Waals surface area (Å²) in [5.74, 6) is 0.0797. The van der Waals surface area contributed by atoms with Gasteiger partial charge >= 0.3 is 0 Å². The van der Waals surface area contributed by atoms with E-state index >= 15 is 0 Å². The summed E-state index contributed by atoms with van der Waals surface area (Å²) in [5, 5.41) is 3.27. The zero-order valence-electron chi connectivity index (χ0n) is 15.7. The molecule has 2 aromatic rings. The average Bonchev–Trinajstić information content (AvgIpc) is 2.62. The van der Waals surface area contributed by atoms with Gasteiger partial charge in [-0.05, 0) is 50.1 Å². The molecule has 1 N–H and O–H groups in total. The van der Waals surface area contributed by atoms with Crippen LogP contribution < -0.4 is 10.2 Å². The molecule has 2 rings (SSSR count). The van der Waals surface area contributed by atoms with Gasteiger partial charge < -0.3 is 15.1 Å². The van der Waals surface area contributed by atoms with E-state index in [1.54, 1.807) is 4.90 Å². The van der Waals surface area contributed by atoms with Crippen LogP contribution in [-0.4, -0.2) is 37.5 Å². The van der Waals surface area contributed by atoms with Crippen LogP contribution in [0.25, 0.3) is 0 Å². The Hall–Kier alpha value is -2.49. The minimum atomic E-state index is 0.0797. The molecule has 0 spiro atoms. The maximum Gasteiger partial charge on any atom is 0.241 e. The molecule has 1 amide bonds. The molecule has 0 fully saturated rings. The van der Waals surface area contributed by atoms with Crippen molar-refractivity contribution < 1.29 is 4.79 Å². The quantitative estimate of drug-likeness (QED) is 0.792. The third kappa shape index (κ3) is 5.24. The van der Waals surface area contributed by atoms with Crippen molar-refractivity contribution in [1.82, 2.24) is 4.90 Å². The predicted molar refractivity (Wildman–Crippen MR) is 106 cm³/mol. The highest BCUT2D eigenvalue weighted by molar-refractivity contribution is 5.81. The third-order valence-electron chi connectivity index (χ3n) is 4.46. The lowest BCUT2D eigenvalue weighted by molar-refractivity contribution is -0.128. The van der Waals surface area contributed by atoms with Gasteiger partial charge in [-0.15, -0.1) is 0 Å². The first-order valence-electron chi connectivity index (χ1n) is 8.92. The van der Waals surface area contributed by atoms with E-state index in [-0.39, 0.29) is 5.91 Å². The molecule has 0 heterocycles. The van der Waals surface area contributed by atoms with Crippen molar-refractivity contribution in [3.63, 3.8) is 0 Å². The van der Waals surface area contributed by atoms with Gasteiger partial charge in [0.2, 0.25) is 5.91 Å². The molecule has 2 aromatic carbocycles. The SMILES string of the molecule is CCN(CC)c1ccc(NCC(=O)N(C)Cc2ccccc2)c(C)c1. The van der Waals surface area contributed by atoms with Crippen LogP contribution in [0, 0.1) is 6.92 Å². The number of hydrogen-bond donors (Lipinski definition) is 1. The number of hydrogen-bond acceptors (Lipinski definition) is 3. The Labute approximate surface area is 151 Å². The summed E-state index contributed by atoms with van der Waals surface area (Å²) in [7, 11) is 1.84. The molecule has 0 aliphatic rings. The molecule has 0 radical (unpaired) electrons. The molecule has 0 saturated heterocycles. The molecule has 25 heavy (non-hydrogen) atoms. The Bertz CT molecular complexity index is 681. The molecule has 0 aliphatic heterocycles. The number of anilines is 2. The number of carbonyl (C=O) groups excluding carboxylic acids is 1. The molecular weight excluding hydrogens is 310 g/mol. The number of rotatable bonds is 8.